The topological polar surface area (TPSA) is 63.2 Å². The minimum atomic E-state index is -0.253. The van der Waals surface area contributed by atoms with Gasteiger partial charge in [0.25, 0.3) is 0 Å². The van der Waals surface area contributed by atoms with Crippen molar-refractivity contribution in [1.29, 1.82) is 0 Å². The van der Waals surface area contributed by atoms with Crippen molar-refractivity contribution in [3.63, 3.8) is 0 Å². The van der Waals surface area contributed by atoms with Gasteiger partial charge in [0, 0.05) is 24.5 Å². The standard InChI is InChI=1S/C19H17N3O2/c23-19(22-16-8-2-1-3-9-16)21-14-15-7-6-10-17(13-15)24-18-11-4-5-12-20-18/h1-13H,14H2,(H2,21,22,23). The van der Waals surface area contributed by atoms with E-state index in [0.29, 0.717) is 18.2 Å². The van der Waals surface area contributed by atoms with Gasteiger partial charge in [0.2, 0.25) is 5.88 Å². The maximum Gasteiger partial charge on any atom is 0.319 e. The molecule has 3 aromatic rings. The first-order valence-corrected chi connectivity index (χ1v) is 7.57. The summed E-state index contributed by atoms with van der Waals surface area (Å²) in [6.07, 6.45) is 1.68. The van der Waals surface area contributed by atoms with Crippen molar-refractivity contribution in [3.8, 4) is 11.6 Å². The Hall–Kier alpha value is -3.34. The molecule has 0 atom stereocenters. The van der Waals surface area contributed by atoms with E-state index in [0.717, 1.165) is 11.3 Å². The van der Waals surface area contributed by atoms with Crippen LogP contribution in [0.15, 0.2) is 79.0 Å². The highest BCUT2D eigenvalue weighted by molar-refractivity contribution is 5.89. The number of hydrogen-bond donors (Lipinski definition) is 2. The molecule has 2 N–H and O–H groups in total. The van der Waals surface area contributed by atoms with Crippen molar-refractivity contribution in [2.45, 2.75) is 6.54 Å². The molecule has 2 aromatic carbocycles. The Bertz CT molecular complexity index is 792. The number of ether oxygens (including phenoxy) is 1. The summed E-state index contributed by atoms with van der Waals surface area (Å²) in [5, 5.41) is 5.59. The third-order valence-corrected chi connectivity index (χ3v) is 3.24. The van der Waals surface area contributed by atoms with Gasteiger partial charge in [0.1, 0.15) is 5.75 Å². The fraction of sp³-hybridized carbons (Fsp3) is 0.0526. The van der Waals surface area contributed by atoms with Crippen LogP contribution in [0.25, 0.3) is 0 Å². The van der Waals surface area contributed by atoms with Crippen LogP contribution in [-0.2, 0) is 6.54 Å². The maximum absolute atomic E-state index is 11.9. The molecule has 0 saturated heterocycles. The van der Waals surface area contributed by atoms with Crippen LogP contribution in [0.4, 0.5) is 10.5 Å². The quantitative estimate of drug-likeness (QED) is 0.741. The van der Waals surface area contributed by atoms with Gasteiger partial charge in [-0.05, 0) is 35.9 Å². The molecule has 1 heterocycles. The molecule has 120 valence electrons. The molecule has 5 heteroatoms. The van der Waals surface area contributed by atoms with Crippen molar-refractivity contribution in [3.05, 3.63) is 84.6 Å². The number of aromatic nitrogens is 1. The fourth-order valence-electron chi connectivity index (χ4n) is 2.13. The average Bonchev–Trinajstić information content (AvgIpc) is 2.62. The molecule has 2 amide bonds. The molecular weight excluding hydrogens is 302 g/mol. The molecular formula is C19H17N3O2. The number of amides is 2. The first-order chi connectivity index (χ1) is 11.8. The number of nitrogens with zero attached hydrogens (tertiary/aromatic N) is 1. The van der Waals surface area contributed by atoms with Crippen molar-refractivity contribution in [2.75, 3.05) is 5.32 Å². The van der Waals surface area contributed by atoms with E-state index in [-0.39, 0.29) is 6.03 Å². The summed E-state index contributed by atoms with van der Waals surface area (Å²) in [5.41, 5.74) is 1.69. The van der Waals surface area contributed by atoms with Crippen molar-refractivity contribution in [2.24, 2.45) is 0 Å². The zero-order chi connectivity index (χ0) is 16.6. The molecule has 0 fully saturated rings. The maximum atomic E-state index is 11.9. The number of carbonyl (C=O) groups excluding carboxylic acids is 1. The Balaban J connectivity index is 1.55. The molecule has 0 aliphatic heterocycles. The summed E-state index contributed by atoms with van der Waals surface area (Å²) >= 11 is 0. The number of hydrogen-bond acceptors (Lipinski definition) is 3. The molecule has 0 bridgehead atoms. The summed E-state index contributed by atoms with van der Waals surface area (Å²) in [6, 6.07) is 22.1. The van der Waals surface area contributed by atoms with Gasteiger partial charge in [-0.25, -0.2) is 9.78 Å². The number of para-hydroxylation sites is 1. The molecule has 0 aliphatic carbocycles. The molecule has 1 aromatic heterocycles. The number of nitrogens with one attached hydrogen (secondary N) is 2. The number of anilines is 1. The number of urea groups is 1. The van der Waals surface area contributed by atoms with E-state index in [1.54, 1.807) is 12.3 Å². The lowest BCUT2D eigenvalue weighted by atomic mass is 10.2. The van der Waals surface area contributed by atoms with Crippen LogP contribution in [0.1, 0.15) is 5.56 Å². The highest BCUT2D eigenvalue weighted by atomic mass is 16.5. The van der Waals surface area contributed by atoms with Crippen LogP contribution in [0.3, 0.4) is 0 Å². The normalized spacial score (nSPS) is 10.0. The van der Waals surface area contributed by atoms with Gasteiger partial charge in [-0.15, -0.1) is 0 Å². The van der Waals surface area contributed by atoms with Crippen LogP contribution >= 0.6 is 0 Å². The van der Waals surface area contributed by atoms with Gasteiger partial charge in [-0.1, -0.05) is 36.4 Å². The minimum absolute atomic E-state index is 0.253. The van der Waals surface area contributed by atoms with Gasteiger partial charge in [0.15, 0.2) is 0 Å². The Kier molecular flexibility index (Phi) is 5.04. The first kappa shape index (κ1) is 15.6. The summed E-state index contributed by atoms with van der Waals surface area (Å²) in [7, 11) is 0. The first-order valence-electron chi connectivity index (χ1n) is 7.57. The lowest BCUT2D eigenvalue weighted by Crippen LogP contribution is -2.28. The Morgan fingerprint density at radius 2 is 1.79 bits per heavy atom. The van der Waals surface area contributed by atoms with Gasteiger partial charge in [-0.3, -0.25) is 0 Å². The lowest BCUT2D eigenvalue weighted by molar-refractivity contribution is 0.251. The second kappa shape index (κ2) is 7.78. The molecule has 0 saturated carbocycles. The molecule has 24 heavy (non-hydrogen) atoms. The third-order valence-electron chi connectivity index (χ3n) is 3.24. The second-order valence-corrected chi connectivity index (χ2v) is 5.09. The number of pyridine rings is 1. The van der Waals surface area contributed by atoms with Crippen LogP contribution < -0.4 is 15.4 Å². The van der Waals surface area contributed by atoms with Gasteiger partial charge < -0.3 is 15.4 Å². The van der Waals surface area contributed by atoms with E-state index in [1.807, 2.05) is 66.7 Å². The summed E-state index contributed by atoms with van der Waals surface area (Å²) in [5.74, 6) is 1.21. The molecule has 0 aliphatic rings. The van der Waals surface area contributed by atoms with E-state index in [9.17, 15) is 4.79 Å². The zero-order valence-corrected chi connectivity index (χ0v) is 13.0. The molecule has 3 rings (SSSR count). The average molecular weight is 319 g/mol. The third kappa shape index (κ3) is 4.58. The molecule has 0 radical (unpaired) electrons. The van der Waals surface area contributed by atoms with E-state index >= 15 is 0 Å². The minimum Gasteiger partial charge on any atom is -0.439 e. The van der Waals surface area contributed by atoms with E-state index in [2.05, 4.69) is 15.6 Å². The summed E-state index contributed by atoms with van der Waals surface area (Å²) < 4.78 is 5.68. The van der Waals surface area contributed by atoms with Gasteiger partial charge in [-0.2, -0.15) is 0 Å². The van der Waals surface area contributed by atoms with E-state index in [4.69, 9.17) is 4.74 Å². The summed E-state index contributed by atoms with van der Waals surface area (Å²) in [4.78, 5) is 16.0. The van der Waals surface area contributed by atoms with Crippen LogP contribution in [0, 0.1) is 0 Å². The van der Waals surface area contributed by atoms with Crippen LogP contribution in [-0.4, -0.2) is 11.0 Å². The van der Waals surface area contributed by atoms with Crippen molar-refractivity contribution in [1.82, 2.24) is 10.3 Å². The number of carbonyl (C=O) groups is 1. The van der Waals surface area contributed by atoms with Crippen molar-refractivity contribution < 1.29 is 9.53 Å². The predicted molar refractivity (Wildman–Crippen MR) is 93.1 cm³/mol. The van der Waals surface area contributed by atoms with Crippen molar-refractivity contribution >= 4 is 11.7 Å². The second-order valence-electron chi connectivity index (χ2n) is 5.09. The lowest BCUT2D eigenvalue weighted by Gasteiger charge is -2.09. The number of rotatable bonds is 5. The van der Waals surface area contributed by atoms with Gasteiger partial charge in [0.05, 0.1) is 0 Å². The van der Waals surface area contributed by atoms with Crippen LogP contribution in [0.5, 0.6) is 11.6 Å². The zero-order valence-electron chi connectivity index (χ0n) is 13.0. The molecule has 0 spiro atoms. The Morgan fingerprint density at radius 3 is 2.58 bits per heavy atom. The Morgan fingerprint density at radius 1 is 0.958 bits per heavy atom. The summed E-state index contributed by atoms with van der Waals surface area (Å²) in [6.45, 7) is 0.401. The molecule has 5 nitrogen and oxygen atoms in total. The fourth-order valence-corrected chi connectivity index (χ4v) is 2.13. The van der Waals surface area contributed by atoms with Crippen LogP contribution in [0.2, 0.25) is 0 Å². The van der Waals surface area contributed by atoms with E-state index < -0.39 is 0 Å². The van der Waals surface area contributed by atoms with Gasteiger partial charge >= 0.3 is 6.03 Å². The molecule has 0 unspecified atom stereocenters. The number of benzene rings is 2. The smallest absolute Gasteiger partial charge is 0.319 e. The Labute approximate surface area is 140 Å². The highest BCUT2D eigenvalue weighted by Crippen LogP contribution is 2.19. The monoisotopic (exact) mass is 319 g/mol. The highest BCUT2D eigenvalue weighted by Gasteiger charge is 2.03. The SMILES string of the molecule is O=C(NCc1cccc(Oc2ccccn2)c1)Nc1ccccc1. The largest absolute Gasteiger partial charge is 0.439 e. The predicted octanol–water partition coefficient (Wildman–Crippen LogP) is 4.20. The van der Waals surface area contributed by atoms with E-state index in [1.165, 1.54) is 0 Å².